The van der Waals surface area contributed by atoms with Gasteiger partial charge in [0.1, 0.15) is 0 Å². The highest BCUT2D eigenvalue weighted by Crippen LogP contribution is 2.38. The Balaban J connectivity index is 2.05. The maximum Gasteiger partial charge on any atom is 0.201 e. The third-order valence-electron chi connectivity index (χ3n) is 4.62. The zero-order valence-electron chi connectivity index (χ0n) is 12.0. The molecule has 102 valence electrons. The summed E-state index contributed by atoms with van der Waals surface area (Å²) in [5.41, 5.74) is 9.78. The van der Waals surface area contributed by atoms with E-state index in [1.807, 2.05) is 0 Å². The fraction of sp³-hybridized carbons (Fsp3) is 0.533. The molecule has 0 unspecified atom stereocenters. The van der Waals surface area contributed by atoms with Crippen molar-refractivity contribution in [2.24, 2.45) is 0 Å². The largest absolute Gasteiger partial charge is 0.369 e. The van der Waals surface area contributed by atoms with Crippen LogP contribution in [0.2, 0.25) is 0 Å². The van der Waals surface area contributed by atoms with Crippen LogP contribution in [0.15, 0.2) is 18.2 Å². The van der Waals surface area contributed by atoms with Crippen LogP contribution >= 0.6 is 0 Å². The quantitative estimate of drug-likeness (QED) is 0.919. The first-order valence-corrected chi connectivity index (χ1v) is 6.92. The summed E-state index contributed by atoms with van der Waals surface area (Å²) in [7, 11) is 4.33. The van der Waals surface area contributed by atoms with Crippen LogP contribution in [-0.2, 0) is 6.54 Å². The topological polar surface area (TPSA) is 47.1 Å². The van der Waals surface area contributed by atoms with Gasteiger partial charge in [-0.25, -0.2) is 4.98 Å². The molecule has 0 aliphatic heterocycles. The molecule has 1 aromatic carbocycles. The minimum absolute atomic E-state index is 0.255. The lowest BCUT2D eigenvalue weighted by Gasteiger charge is -2.47. The lowest BCUT2D eigenvalue weighted by Crippen LogP contribution is -2.53. The number of aromatic nitrogens is 2. The Morgan fingerprint density at radius 2 is 2.11 bits per heavy atom. The predicted octanol–water partition coefficient (Wildman–Crippen LogP) is 2.41. The molecule has 0 bridgehead atoms. The van der Waals surface area contributed by atoms with E-state index in [9.17, 15) is 0 Å². The van der Waals surface area contributed by atoms with Gasteiger partial charge < -0.3 is 15.2 Å². The second-order valence-electron chi connectivity index (χ2n) is 6.02. The van der Waals surface area contributed by atoms with Gasteiger partial charge in [0.15, 0.2) is 0 Å². The van der Waals surface area contributed by atoms with Crippen LogP contribution < -0.4 is 5.73 Å². The van der Waals surface area contributed by atoms with E-state index < -0.39 is 0 Å². The summed E-state index contributed by atoms with van der Waals surface area (Å²) in [5, 5.41) is 0. The molecule has 1 aliphatic rings. The van der Waals surface area contributed by atoms with E-state index in [1.165, 1.54) is 24.8 Å². The number of anilines is 1. The first-order valence-electron chi connectivity index (χ1n) is 6.92. The van der Waals surface area contributed by atoms with Gasteiger partial charge >= 0.3 is 0 Å². The van der Waals surface area contributed by atoms with Gasteiger partial charge in [-0.3, -0.25) is 0 Å². The van der Waals surface area contributed by atoms with Crippen LogP contribution in [0.3, 0.4) is 0 Å². The van der Waals surface area contributed by atoms with Gasteiger partial charge in [-0.2, -0.15) is 0 Å². The lowest BCUT2D eigenvalue weighted by atomic mass is 9.75. The SMILES string of the molecule is Cc1ccc2nc(N)n(CC3(N(C)C)CCC3)c2c1. The van der Waals surface area contributed by atoms with Crippen LogP contribution in [0.1, 0.15) is 24.8 Å². The highest BCUT2D eigenvalue weighted by Gasteiger charge is 2.40. The van der Waals surface area contributed by atoms with Crippen molar-refractivity contribution in [3.05, 3.63) is 23.8 Å². The van der Waals surface area contributed by atoms with Crippen molar-refractivity contribution >= 4 is 17.0 Å². The van der Waals surface area contributed by atoms with Crippen LogP contribution in [0.25, 0.3) is 11.0 Å². The van der Waals surface area contributed by atoms with E-state index in [0.717, 1.165) is 17.6 Å². The molecule has 0 spiro atoms. The molecular weight excluding hydrogens is 236 g/mol. The molecule has 1 fully saturated rings. The van der Waals surface area contributed by atoms with Gasteiger partial charge in [-0.1, -0.05) is 6.07 Å². The fourth-order valence-electron chi connectivity index (χ4n) is 3.04. The third kappa shape index (κ3) is 1.91. The molecular formula is C15H22N4. The van der Waals surface area contributed by atoms with Crippen molar-refractivity contribution in [2.75, 3.05) is 19.8 Å². The van der Waals surface area contributed by atoms with Gasteiger partial charge in [-0.05, 0) is 58.0 Å². The van der Waals surface area contributed by atoms with E-state index in [-0.39, 0.29) is 5.54 Å². The monoisotopic (exact) mass is 258 g/mol. The maximum absolute atomic E-state index is 6.12. The third-order valence-corrected chi connectivity index (χ3v) is 4.62. The molecule has 2 aromatic rings. The number of likely N-dealkylation sites (N-methyl/N-ethyl adjacent to an activating group) is 1. The summed E-state index contributed by atoms with van der Waals surface area (Å²) in [6.45, 7) is 3.05. The van der Waals surface area contributed by atoms with Gasteiger partial charge in [0, 0.05) is 12.1 Å². The second-order valence-corrected chi connectivity index (χ2v) is 6.02. The molecule has 0 amide bonds. The van der Waals surface area contributed by atoms with Crippen molar-refractivity contribution in [1.29, 1.82) is 0 Å². The van der Waals surface area contributed by atoms with E-state index in [0.29, 0.717) is 5.95 Å². The molecule has 4 heteroatoms. The highest BCUT2D eigenvalue weighted by molar-refractivity contribution is 5.79. The maximum atomic E-state index is 6.12. The van der Waals surface area contributed by atoms with Crippen molar-refractivity contribution < 1.29 is 0 Å². The number of hydrogen-bond donors (Lipinski definition) is 1. The number of nitrogens with two attached hydrogens (primary N) is 1. The Labute approximate surface area is 114 Å². The summed E-state index contributed by atoms with van der Waals surface area (Å²) in [5.74, 6) is 0.633. The summed E-state index contributed by atoms with van der Waals surface area (Å²) in [4.78, 5) is 6.82. The van der Waals surface area contributed by atoms with E-state index in [1.54, 1.807) is 0 Å². The molecule has 0 radical (unpaired) electrons. The average Bonchev–Trinajstić information content (AvgIpc) is 2.59. The summed E-state index contributed by atoms with van der Waals surface area (Å²) in [6.07, 6.45) is 3.79. The number of nitrogens with zero attached hydrogens (tertiary/aromatic N) is 3. The first kappa shape index (κ1) is 12.5. The number of nitrogen functional groups attached to an aromatic ring is 1. The number of aryl methyl sites for hydroxylation is 1. The van der Waals surface area contributed by atoms with E-state index in [4.69, 9.17) is 5.73 Å². The molecule has 4 nitrogen and oxygen atoms in total. The van der Waals surface area contributed by atoms with Crippen LogP contribution in [-0.4, -0.2) is 34.1 Å². The van der Waals surface area contributed by atoms with E-state index >= 15 is 0 Å². The van der Waals surface area contributed by atoms with Crippen molar-refractivity contribution in [2.45, 2.75) is 38.3 Å². The minimum Gasteiger partial charge on any atom is -0.369 e. The van der Waals surface area contributed by atoms with Crippen LogP contribution in [0.4, 0.5) is 5.95 Å². The van der Waals surface area contributed by atoms with Gasteiger partial charge in [0.05, 0.1) is 11.0 Å². The Morgan fingerprint density at radius 1 is 1.37 bits per heavy atom. The molecule has 2 N–H and O–H groups in total. The number of imidazole rings is 1. The first-order chi connectivity index (χ1) is 9.02. The van der Waals surface area contributed by atoms with Gasteiger partial charge in [-0.15, -0.1) is 0 Å². The average molecular weight is 258 g/mol. The zero-order valence-corrected chi connectivity index (χ0v) is 12.0. The van der Waals surface area contributed by atoms with Crippen LogP contribution in [0.5, 0.6) is 0 Å². The summed E-state index contributed by atoms with van der Waals surface area (Å²) in [6, 6.07) is 6.32. The molecule has 1 saturated carbocycles. The molecule has 1 aromatic heterocycles. The Morgan fingerprint density at radius 3 is 2.68 bits per heavy atom. The normalized spacial score (nSPS) is 17.9. The number of rotatable bonds is 3. The molecule has 1 aliphatic carbocycles. The molecule has 3 rings (SSSR count). The number of benzene rings is 1. The van der Waals surface area contributed by atoms with Gasteiger partial charge in [0.2, 0.25) is 5.95 Å². The molecule has 1 heterocycles. The fourth-order valence-corrected chi connectivity index (χ4v) is 3.04. The Bertz CT molecular complexity index is 608. The number of fused-ring (bicyclic) bond motifs is 1. The summed E-state index contributed by atoms with van der Waals surface area (Å²) < 4.78 is 2.18. The lowest BCUT2D eigenvalue weighted by molar-refractivity contribution is 0.0440. The summed E-state index contributed by atoms with van der Waals surface area (Å²) >= 11 is 0. The van der Waals surface area contributed by atoms with Crippen molar-refractivity contribution in [3.63, 3.8) is 0 Å². The zero-order chi connectivity index (χ0) is 13.6. The smallest absolute Gasteiger partial charge is 0.201 e. The standard InChI is InChI=1S/C15H22N4/c1-11-5-6-12-13(9-11)19(14(16)17-12)10-15(18(2)3)7-4-8-15/h5-6,9H,4,7-8,10H2,1-3H3,(H2,16,17). The molecule has 0 atom stereocenters. The Hall–Kier alpha value is -1.55. The minimum atomic E-state index is 0.255. The van der Waals surface area contributed by atoms with Crippen molar-refractivity contribution in [3.8, 4) is 0 Å². The van der Waals surface area contributed by atoms with E-state index in [2.05, 4.69) is 53.7 Å². The van der Waals surface area contributed by atoms with Crippen LogP contribution in [0, 0.1) is 6.92 Å². The second kappa shape index (κ2) is 4.23. The Kier molecular flexibility index (Phi) is 2.78. The van der Waals surface area contributed by atoms with Crippen molar-refractivity contribution in [1.82, 2.24) is 14.5 Å². The molecule has 19 heavy (non-hydrogen) atoms. The predicted molar refractivity (Wildman–Crippen MR) is 79.2 cm³/mol. The highest BCUT2D eigenvalue weighted by atomic mass is 15.2. The number of hydrogen-bond acceptors (Lipinski definition) is 3. The molecule has 0 saturated heterocycles. The van der Waals surface area contributed by atoms with Gasteiger partial charge in [0.25, 0.3) is 0 Å².